The van der Waals surface area contributed by atoms with Gasteiger partial charge in [0.15, 0.2) is 6.29 Å². The third-order valence-electron chi connectivity index (χ3n) is 4.17. The van der Waals surface area contributed by atoms with Crippen LogP contribution in [-0.4, -0.2) is 48.2 Å². The first-order chi connectivity index (χ1) is 15.2. The molecule has 0 radical (unpaired) electrons. The van der Waals surface area contributed by atoms with Gasteiger partial charge in [-0.05, 0) is 31.9 Å². The normalized spacial score (nSPS) is 13.1. The highest BCUT2D eigenvalue weighted by molar-refractivity contribution is 5.81. The first kappa shape index (κ1) is 25.3. The number of aliphatic hydroxyl groups excluding tert-OH is 1. The van der Waals surface area contributed by atoms with E-state index in [9.17, 15) is 14.7 Å². The molecule has 2 aromatic carbocycles. The fourth-order valence-electron chi connectivity index (χ4n) is 2.73. The van der Waals surface area contributed by atoms with E-state index < -0.39 is 30.0 Å². The van der Waals surface area contributed by atoms with Gasteiger partial charge in [0.1, 0.15) is 19.3 Å². The van der Waals surface area contributed by atoms with Crippen LogP contribution >= 0.6 is 0 Å². The Morgan fingerprint density at radius 2 is 1.41 bits per heavy atom. The Balaban J connectivity index is 1.89. The Labute approximate surface area is 188 Å². The van der Waals surface area contributed by atoms with E-state index in [1.54, 1.807) is 0 Å². The minimum atomic E-state index is -1.07. The zero-order valence-electron chi connectivity index (χ0n) is 18.7. The molecule has 0 saturated heterocycles. The van der Waals surface area contributed by atoms with Crippen LogP contribution in [0, 0.1) is 0 Å². The molecule has 0 saturated carbocycles. The molecule has 0 aliphatic rings. The van der Waals surface area contributed by atoms with Gasteiger partial charge < -0.3 is 30.0 Å². The largest absolute Gasteiger partial charge is 0.459 e. The molecule has 8 heteroatoms. The molecule has 0 unspecified atom stereocenters. The van der Waals surface area contributed by atoms with Gasteiger partial charge in [-0.2, -0.15) is 0 Å². The van der Waals surface area contributed by atoms with Gasteiger partial charge in [-0.3, -0.25) is 0 Å². The number of benzene rings is 2. The first-order valence-corrected chi connectivity index (χ1v) is 10.5. The summed E-state index contributed by atoms with van der Waals surface area (Å²) < 4.78 is 16.0. The summed E-state index contributed by atoms with van der Waals surface area (Å²) in [6, 6.07) is 17.4. The number of amides is 1. The molecule has 1 amide bonds. The van der Waals surface area contributed by atoms with Crippen LogP contribution in [0.25, 0.3) is 0 Å². The molecule has 0 aliphatic heterocycles. The van der Waals surface area contributed by atoms with Crippen LogP contribution in [0.1, 0.15) is 31.9 Å². The quantitative estimate of drug-likeness (QED) is 0.361. The Morgan fingerprint density at radius 3 is 1.94 bits per heavy atom. The fourth-order valence-corrected chi connectivity index (χ4v) is 2.73. The van der Waals surface area contributed by atoms with Gasteiger partial charge in [0.25, 0.3) is 0 Å². The third kappa shape index (κ3) is 10.4. The van der Waals surface area contributed by atoms with Crippen LogP contribution in [0.5, 0.6) is 0 Å². The smallest absolute Gasteiger partial charge is 0.408 e. The summed E-state index contributed by atoms with van der Waals surface area (Å²) in [5, 5.41) is 15.4. The van der Waals surface area contributed by atoms with Gasteiger partial charge in [-0.1, -0.05) is 60.7 Å². The van der Waals surface area contributed by atoms with Crippen molar-refractivity contribution in [1.82, 2.24) is 10.6 Å². The van der Waals surface area contributed by atoms with Crippen LogP contribution < -0.4 is 10.6 Å². The van der Waals surface area contributed by atoms with Crippen molar-refractivity contribution in [1.29, 1.82) is 0 Å². The number of hydrogen-bond donors (Lipinski definition) is 3. The van der Waals surface area contributed by atoms with E-state index in [0.717, 1.165) is 11.1 Å². The average Bonchev–Trinajstić information content (AvgIpc) is 2.75. The van der Waals surface area contributed by atoms with Gasteiger partial charge in [-0.25, -0.2) is 9.59 Å². The topological polar surface area (TPSA) is 106 Å². The van der Waals surface area contributed by atoms with Crippen LogP contribution in [-0.2, 0) is 32.2 Å². The predicted octanol–water partition coefficient (Wildman–Crippen LogP) is 2.75. The number of ether oxygens (including phenoxy) is 3. The van der Waals surface area contributed by atoms with E-state index in [4.69, 9.17) is 14.2 Å². The molecular formula is C24H32N2O6. The maximum Gasteiger partial charge on any atom is 0.408 e. The van der Waals surface area contributed by atoms with E-state index in [-0.39, 0.29) is 26.3 Å². The summed E-state index contributed by atoms with van der Waals surface area (Å²) in [6.07, 6.45) is -1.81. The molecule has 8 nitrogen and oxygen atoms in total. The molecular weight excluding hydrogens is 412 g/mol. The summed E-state index contributed by atoms with van der Waals surface area (Å²) in [4.78, 5) is 24.9. The lowest BCUT2D eigenvalue weighted by Crippen LogP contribution is -2.49. The summed E-state index contributed by atoms with van der Waals surface area (Å²) in [5.41, 5.74) is 1.13. The second kappa shape index (κ2) is 12.8. The fraction of sp³-hybridized carbons (Fsp3) is 0.417. The van der Waals surface area contributed by atoms with Gasteiger partial charge in [0.2, 0.25) is 0 Å². The molecule has 0 spiro atoms. The maximum absolute atomic E-state index is 12.6. The molecule has 174 valence electrons. The number of rotatable bonds is 11. The summed E-state index contributed by atoms with van der Waals surface area (Å²) >= 11 is 0. The lowest BCUT2D eigenvalue weighted by atomic mass is 10.2. The van der Waals surface area contributed by atoms with Crippen molar-refractivity contribution >= 4 is 12.1 Å². The Bertz CT molecular complexity index is 823. The molecule has 0 bridgehead atoms. The number of aliphatic hydroxyl groups is 1. The average molecular weight is 445 g/mol. The van der Waals surface area contributed by atoms with Crippen molar-refractivity contribution in [2.45, 2.75) is 51.9 Å². The number of esters is 1. The predicted molar refractivity (Wildman–Crippen MR) is 120 cm³/mol. The zero-order valence-corrected chi connectivity index (χ0v) is 18.7. The highest BCUT2D eigenvalue weighted by Gasteiger charge is 2.24. The lowest BCUT2D eigenvalue weighted by molar-refractivity contribution is -0.163. The minimum Gasteiger partial charge on any atom is -0.459 e. The molecule has 32 heavy (non-hydrogen) atoms. The summed E-state index contributed by atoms with van der Waals surface area (Å²) in [6.45, 7) is 5.72. The number of hydrogen-bond acceptors (Lipinski definition) is 7. The van der Waals surface area contributed by atoms with Crippen molar-refractivity contribution in [3.63, 3.8) is 0 Å². The molecule has 2 atom stereocenters. The Hall–Kier alpha value is -2.94. The Kier molecular flexibility index (Phi) is 10.1. The maximum atomic E-state index is 12.6. The SMILES string of the molecule is CC(C)(C)O[C@H](O)CNC[C@H](NC(=O)OCc1ccccc1)C(=O)OCc1ccccc1. The number of nitrogens with one attached hydrogen (secondary N) is 2. The van der Waals surface area contributed by atoms with Crippen LogP contribution in [0.4, 0.5) is 4.79 Å². The monoisotopic (exact) mass is 444 g/mol. The lowest BCUT2D eigenvalue weighted by Gasteiger charge is -2.25. The van der Waals surface area contributed by atoms with E-state index in [1.165, 1.54) is 0 Å². The standard InChI is InChI=1S/C24H32N2O6/c1-24(2,3)32-21(27)15-25-14-20(22(28)30-16-18-10-6-4-7-11-18)26-23(29)31-17-19-12-8-5-9-13-19/h4-13,20-21,25,27H,14-17H2,1-3H3,(H,26,29)/t20-,21-/m0/s1. The van der Waals surface area contributed by atoms with Gasteiger partial charge in [0, 0.05) is 13.1 Å². The second-order valence-electron chi connectivity index (χ2n) is 8.20. The molecule has 0 aromatic heterocycles. The molecule has 2 aromatic rings. The summed E-state index contributed by atoms with van der Waals surface area (Å²) in [5.74, 6) is -0.621. The van der Waals surface area contributed by atoms with Crippen molar-refractivity contribution in [2.75, 3.05) is 13.1 Å². The van der Waals surface area contributed by atoms with E-state index in [1.807, 2.05) is 81.4 Å². The third-order valence-corrected chi connectivity index (χ3v) is 4.17. The number of carbonyl (C=O) groups is 2. The Morgan fingerprint density at radius 1 is 0.875 bits per heavy atom. The van der Waals surface area contributed by atoms with Crippen molar-refractivity contribution < 1.29 is 28.9 Å². The molecule has 2 rings (SSSR count). The van der Waals surface area contributed by atoms with Crippen LogP contribution in [0.15, 0.2) is 60.7 Å². The van der Waals surface area contributed by atoms with E-state index in [0.29, 0.717) is 0 Å². The van der Waals surface area contributed by atoms with Crippen molar-refractivity contribution in [2.24, 2.45) is 0 Å². The zero-order chi connectivity index (χ0) is 23.4. The molecule has 0 heterocycles. The van der Waals surface area contributed by atoms with Crippen LogP contribution in [0.2, 0.25) is 0 Å². The van der Waals surface area contributed by atoms with Crippen molar-refractivity contribution in [3.8, 4) is 0 Å². The number of carbonyl (C=O) groups excluding carboxylic acids is 2. The first-order valence-electron chi connectivity index (χ1n) is 10.5. The van der Waals surface area contributed by atoms with E-state index in [2.05, 4.69) is 10.6 Å². The van der Waals surface area contributed by atoms with E-state index >= 15 is 0 Å². The molecule has 3 N–H and O–H groups in total. The molecule has 0 fully saturated rings. The second-order valence-corrected chi connectivity index (χ2v) is 8.20. The van der Waals surface area contributed by atoms with Gasteiger partial charge in [0.05, 0.1) is 5.60 Å². The summed E-state index contributed by atoms with van der Waals surface area (Å²) in [7, 11) is 0. The number of alkyl carbamates (subject to hydrolysis) is 1. The molecule has 0 aliphatic carbocycles. The highest BCUT2D eigenvalue weighted by Crippen LogP contribution is 2.09. The van der Waals surface area contributed by atoms with Crippen molar-refractivity contribution in [3.05, 3.63) is 71.8 Å². The van der Waals surface area contributed by atoms with Crippen LogP contribution in [0.3, 0.4) is 0 Å². The minimum absolute atomic E-state index is 0.0264. The van der Waals surface area contributed by atoms with Gasteiger partial charge in [-0.15, -0.1) is 0 Å². The highest BCUT2D eigenvalue weighted by atomic mass is 16.6. The van der Waals surface area contributed by atoms with Gasteiger partial charge >= 0.3 is 12.1 Å².